The van der Waals surface area contributed by atoms with Crippen LogP contribution in [0.4, 0.5) is 26.3 Å². The van der Waals surface area contributed by atoms with Crippen molar-refractivity contribution in [1.29, 1.82) is 5.26 Å². The summed E-state index contributed by atoms with van der Waals surface area (Å²) in [7, 11) is -2.40. The Morgan fingerprint density at radius 3 is 2.32 bits per heavy atom. The molecule has 2 saturated heterocycles. The summed E-state index contributed by atoms with van der Waals surface area (Å²) in [6, 6.07) is 4.45. The molecule has 1 aromatic carbocycles. The van der Waals surface area contributed by atoms with E-state index in [0.29, 0.717) is 24.2 Å². The smallest absolute Gasteiger partial charge is 0.489 e. The number of piperazine rings is 1. The van der Waals surface area contributed by atoms with E-state index in [4.69, 9.17) is 4.74 Å². The molecule has 0 aliphatic carbocycles. The molecule has 2 aliphatic heterocycles. The van der Waals surface area contributed by atoms with Crippen molar-refractivity contribution in [3.8, 4) is 12.0 Å². The third-order valence-electron chi connectivity index (χ3n) is 7.15. The number of alkyl halides is 5. The molecule has 0 spiro atoms. The second-order valence-corrected chi connectivity index (χ2v) is 16.0. The van der Waals surface area contributed by atoms with Crippen LogP contribution in [0.25, 0.3) is 5.95 Å². The van der Waals surface area contributed by atoms with Gasteiger partial charge in [-0.1, -0.05) is 6.07 Å². The molecule has 0 saturated carbocycles. The third-order valence-corrected chi connectivity index (χ3v) is 7.95. The summed E-state index contributed by atoms with van der Waals surface area (Å²) in [5.41, 5.74) is 0.571. The third kappa shape index (κ3) is 8.27. The molecule has 2 atom stereocenters. The second kappa shape index (κ2) is 13.7. The van der Waals surface area contributed by atoms with E-state index in [0.717, 1.165) is 22.0 Å². The lowest BCUT2D eigenvalue weighted by Crippen LogP contribution is -2.61. The summed E-state index contributed by atoms with van der Waals surface area (Å²) >= 11 is 0. The predicted octanol–water partition coefficient (Wildman–Crippen LogP) is 3.07. The molecule has 2 fully saturated rings. The average molecular weight is 686 g/mol. The van der Waals surface area contributed by atoms with E-state index in [2.05, 4.69) is 34.8 Å². The van der Waals surface area contributed by atoms with Crippen molar-refractivity contribution in [2.24, 2.45) is 0 Å². The summed E-state index contributed by atoms with van der Waals surface area (Å²) in [6.07, 6.45) is -2.28. The van der Waals surface area contributed by atoms with E-state index in [9.17, 15) is 32.4 Å². The highest BCUT2D eigenvalue weighted by molar-refractivity contribution is 6.71. The maximum atomic E-state index is 15.0. The quantitative estimate of drug-likeness (QED) is 0.288. The molecule has 0 radical (unpaired) electrons. The van der Waals surface area contributed by atoms with Crippen LogP contribution in [0, 0.1) is 24.1 Å². The van der Waals surface area contributed by atoms with Gasteiger partial charge in [0.05, 0.1) is 29.9 Å². The fraction of sp³-hybridized carbons (Fsp3) is 0.481. The number of hydrogen-bond donors (Lipinski definition) is 0. The summed E-state index contributed by atoms with van der Waals surface area (Å²) in [5.74, 6) is -7.84. The Bertz CT molecular complexity index is 1630. The monoisotopic (exact) mass is 685 g/mol. The molecule has 2 aromatic heterocycles. The molecule has 13 nitrogen and oxygen atoms in total. The van der Waals surface area contributed by atoms with Crippen molar-refractivity contribution in [2.75, 3.05) is 32.8 Å². The van der Waals surface area contributed by atoms with E-state index in [-0.39, 0.29) is 37.3 Å². The first-order valence-electron chi connectivity index (χ1n) is 14.0. The maximum Gasteiger partial charge on any atom is 0.489 e. The van der Waals surface area contributed by atoms with Crippen LogP contribution in [0.15, 0.2) is 30.9 Å². The first-order chi connectivity index (χ1) is 21.9. The van der Waals surface area contributed by atoms with E-state index in [1.165, 1.54) is 32.0 Å². The van der Waals surface area contributed by atoms with E-state index in [1.807, 2.05) is 6.07 Å². The fourth-order valence-electron chi connectivity index (χ4n) is 4.85. The van der Waals surface area contributed by atoms with Gasteiger partial charge < -0.3 is 14.1 Å². The van der Waals surface area contributed by atoms with E-state index in [1.54, 1.807) is 13.0 Å². The average Bonchev–Trinajstić information content (AvgIpc) is 3.55. The first-order valence-corrected chi connectivity index (χ1v) is 17.4. The number of fused-ring (bicyclic) bond motifs is 1. The zero-order chi connectivity index (χ0) is 34.7. The zero-order valence-corrected chi connectivity index (χ0v) is 26.5. The van der Waals surface area contributed by atoms with Gasteiger partial charge in [-0.3, -0.25) is 9.69 Å². The number of amides is 1. The minimum Gasteiger partial charge on any atom is -0.513 e. The van der Waals surface area contributed by atoms with Gasteiger partial charge in [0.1, 0.15) is 18.2 Å². The summed E-state index contributed by atoms with van der Waals surface area (Å²) in [5, 5.41) is 19.7. The normalized spacial score (nSPS) is 18.8. The largest absolute Gasteiger partial charge is 0.513 e. The number of aromatic nitrogens is 6. The van der Waals surface area contributed by atoms with Crippen molar-refractivity contribution >= 4 is 20.2 Å². The highest BCUT2D eigenvalue weighted by Crippen LogP contribution is 2.34. The van der Waals surface area contributed by atoms with Crippen LogP contribution in [0.3, 0.4) is 0 Å². The van der Waals surface area contributed by atoms with Gasteiger partial charge in [0.15, 0.2) is 0 Å². The minimum absolute atomic E-state index is 0.00666. The summed E-state index contributed by atoms with van der Waals surface area (Å²) in [4.78, 5) is 33.8. The van der Waals surface area contributed by atoms with Gasteiger partial charge in [-0.15, -0.1) is 5.10 Å². The van der Waals surface area contributed by atoms with Crippen molar-refractivity contribution in [1.82, 2.24) is 40.0 Å². The number of carbonyl (C=O) groups excluding carboxylic acids is 2. The molecular formula is C27H29F6N9O4Si. The van der Waals surface area contributed by atoms with Crippen LogP contribution in [0.5, 0.6) is 0 Å². The van der Waals surface area contributed by atoms with Gasteiger partial charge in [0.25, 0.3) is 11.9 Å². The SMILES string of the molecule is C[Si](C)(C)OC(=O)C(F)(F)F.Cc1c([C@H]2CN3CCN(C(=O)C(F)(F)c4cnc(-n5cnnn5)nc4)C[C@H]3CO2)ccc(F)c1C#N. The Hall–Kier alpha value is -4.48. The molecular weight excluding hydrogens is 656 g/mol. The predicted molar refractivity (Wildman–Crippen MR) is 151 cm³/mol. The first kappa shape index (κ1) is 35.4. The number of nitrogens with zero attached hydrogens (tertiary/aromatic N) is 9. The lowest BCUT2D eigenvalue weighted by molar-refractivity contribution is -0.190. The lowest BCUT2D eigenvalue weighted by atomic mass is 9.96. The van der Waals surface area contributed by atoms with Crippen LogP contribution in [-0.4, -0.2) is 105 Å². The number of rotatable bonds is 5. The van der Waals surface area contributed by atoms with Gasteiger partial charge in [0.2, 0.25) is 8.32 Å². The van der Waals surface area contributed by atoms with Crippen LogP contribution in [0.2, 0.25) is 19.6 Å². The molecule has 0 unspecified atom stereocenters. The summed E-state index contributed by atoms with van der Waals surface area (Å²) in [6.45, 7) is 7.37. The lowest BCUT2D eigenvalue weighted by Gasteiger charge is -2.46. The van der Waals surface area contributed by atoms with Crippen LogP contribution < -0.4 is 0 Å². The van der Waals surface area contributed by atoms with Crippen molar-refractivity contribution in [3.63, 3.8) is 0 Å². The number of carbonyl (C=O) groups is 2. The van der Waals surface area contributed by atoms with Crippen LogP contribution >= 0.6 is 0 Å². The minimum atomic E-state index is -4.86. The molecule has 20 heteroatoms. The van der Waals surface area contributed by atoms with Gasteiger partial charge >= 0.3 is 18.1 Å². The topological polar surface area (TPSA) is 152 Å². The number of tetrazole rings is 1. The molecule has 0 N–H and O–H groups in total. The Morgan fingerprint density at radius 2 is 1.77 bits per heavy atom. The molecule has 3 aromatic rings. The van der Waals surface area contributed by atoms with Gasteiger partial charge in [-0.05, 0) is 54.2 Å². The summed E-state index contributed by atoms with van der Waals surface area (Å²) < 4.78 is 89.8. The number of benzene rings is 1. The molecule has 0 bridgehead atoms. The molecule has 5 rings (SSSR count). The molecule has 4 heterocycles. The molecule has 1 amide bonds. The van der Waals surface area contributed by atoms with Crippen molar-refractivity contribution in [3.05, 3.63) is 58.9 Å². The van der Waals surface area contributed by atoms with Gasteiger partial charge in [0, 0.05) is 38.6 Å². The number of hydrogen-bond acceptors (Lipinski definition) is 11. The van der Waals surface area contributed by atoms with E-state index < -0.39 is 49.8 Å². The standard InChI is InChI=1S/C22H20F3N9O2.C5H9F3O2Si/c1-13-16(2-3-18(23)17(13)6-26)19-10-32-4-5-33(9-15(32)11-36-19)20(35)22(24,25)14-7-27-21(28-8-14)34-12-29-30-31-34;1-11(2,3)10-4(9)5(6,7)8/h2-3,7-8,12,15,19H,4-5,9-11H2,1H3;1-3H3/t15-,19+;/m0./s1. The van der Waals surface area contributed by atoms with E-state index >= 15 is 8.78 Å². The zero-order valence-electron chi connectivity index (χ0n) is 25.5. The Morgan fingerprint density at radius 1 is 1.09 bits per heavy atom. The Balaban J connectivity index is 0.000000391. The van der Waals surface area contributed by atoms with Gasteiger partial charge in [-0.25, -0.2) is 19.2 Å². The Labute approximate surface area is 265 Å². The van der Waals surface area contributed by atoms with Crippen LogP contribution in [-0.2, 0) is 24.7 Å². The number of nitriles is 1. The van der Waals surface area contributed by atoms with Crippen molar-refractivity contribution < 1.29 is 45.1 Å². The molecule has 47 heavy (non-hydrogen) atoms. The van der Waals surface area contributed by atoms with Crippen LogP contribution in [0.1, 0.15) is 28.4 Å². The molecule has 252 valence electrons. The van der Waals surface area contributed by atoms with Crippen molar-refractivity contribution in [2.45, 2.75) is 50.8 Å². The maximum absolute atomic E-state index is 15.0. The second-order valence-electron chi connectivity index (χ2n) is 11.6. The highest BCUT2D eigenvalue weighted by atomic mass is 28.4. The molecule has 2 aliphatic rings. The fourth-order valence-corrected chi connectivity index (χ4v) is 5.52. The number of halogens is 6. The van der Waals surface area contributed by atoms with Gasteiger partial charge in [-0.2, -0.15) is 31.9 Å². The number of morpholine rings is 1. The number of ether oxygens (including phenoxy) is 1. The Kier molecular flexibility index (Phi) is 10.3. The highest BCUT2D eigenvalue weighted by Gasteiger charge is 2.47.